The van der Waals surface area contributed by atoms with Crippen molar-refractivity contribution >= 4 is 11.9 Å². The van der Waals surface area contributed by atoms with Gasteiger partial charge in [-0.1, -0.05) is 24.8 Å². The summed E-state index contributed by atoms with van der Waals surface area (Å²) >= 11 is 0. The summed E-state index contributed by atoms with van der Waals surface area (Å²) in [7, 11) is 0. The fraction of sp³-hybridized carbons (Fsp3) is 0.217. The summed E-state index contributed by atoms with van der Waals surface area (Å²) in [6.45, 7) is 4.91. The zero-order valence-corrected chi connectivity index (χ0v) is 16.3. The number of carbonyl (C=O) groups excluding carboxylic acids is 2. The fourth-order valence-corrected chi connectivity index (χ4v) is 3.57. The number of nitrogens with zero attached hydrogens (tertiary/aromatic N) is 1. The molecule has 1 aliphatic rings. The Kier molecular flexibility index (Phi) is 6.40. The molecule has 1 amide bonds. The molecule has 4 nitrogen and oxygen atoms in total. The van der Waals surface area contributed by atoms with Gasteiger partial charge in [0.15, 0.2) is 0 Å². The van der Waals surface area contributed by atoms with E-state index in [9.17, 15) is 22.8 Å². The second kappa shape index (κ2) is 8.98. The number of allylic oxidation sites excluding steroid dienone is 1. The molecule has 0 saturated heterocycles. The van der Waals surface area contributed by atoms with Crippen LogP contribution in [0.25, 0.3) is 0 Å². The highest BCUT2D eigenvalue weighted by Gasteiger charge is 2.37. The van der Waals surface area contributed by atoms with E-state index < -0.39 is 29.3 Å². The lowest BCUT2D eigenvalue weighted by Gasteiger charge is -2.34. The van der Waals surface area contributed by atoms with Crippen LogP contribution in [0.3, 0.4) is 0 Å². The minimum absolute atomic E-state index is 0.0332. The summed E-state index contributed by atoms with van der Waals surface area (Å²) in [5.41, 5.74) is 1.19. The molecule has 3 rings (SSSR count). The van der Waals surface area contributed by atoms with Gasteiger partial charge in [0.25, 0.3) is 0 Å². The molecule has 0 fully saturated rings. The smallest absolute Gasteiger partial charge is 0.336 e. The van der Waals surface area contributed by atoms with Crippen molar-refractivity contribution in [1.82, 2.24) is 4.90 Å². The molecule has 0 unspecified atom stereocenters. The minimum atomic E-state index is -0.764. The lowest BCUT2D eigenvalue weighted by atomic mass is 9.83. The monoisotopic (exact) mass is 415 g/mol. The first-order valence-electron chi connectivity index (χ1n) is 9.29. The normalized spacial score (nSPS) is 16.6. The van der Waals surface area contributed by atoms with Crippen molar-refractivity contribution in [3.8, 4) is 0 Å². The van der Waals surface area contributed by atoms with Crippen LogP contribution in [0, 0.1) is 17.5 Å². The molecule has 30 heavy (non-hydrogen) atoms. The Bertz CT molecular complexity index is 1010. The third-order valence-corrected chi connectivity index (χ3v) is 4.89. The Balaban J connectivity index is 2.04. The number of ether oxygens (including phenoxy) is 1. The van der Waals surface area contributed by atoms with Gasteiger partial charge in [-0.3, -0.25) is 4.79 Å². The number of amides is 1. The first-order valence-corrected chi connectivity index (χ1v) is 9.29. The van der Waals surface area contributed by atoms with Crippen LogP contribution < -0.4 is 0 Å². The van der Waals surface area contributed by atoms with Crippen LogP contribution in [-0.2, 0) is 20.9 Å². The number of hydrogen-bond donors (Lipinski definition) is 0. The van der Waals surface area contributed by atoms with E-state index >= 15 is 0 Å². The summed E-state index contributed by atoms with van der Waals surface area (Å²) in [5, 5.41) is 0. The van der Waals surface area contributed by atoms with Crippen LogP contribution in [0.15, 0.2) is 66.4 Å². The molecular formula is C23H20F3NO3. The lowest BCUT2D eigenvalue weighted by Crippen LogP contribution is -2.38. The Morgan fingerprint density at radius 3 is 2.50 bits per heavy atom. The van der Waals surface area contributed by atoms with Crippen LogP contribution in [0.5, 0.6) is 0 Å². The summed E-state index contributed by atoms with van der Waals surface area (Å²) in [5.74, 6) is -3.74. The molecule has 1 atom stereocenters. The Labute approximate surface area is 172 Å². The highest BCUT2D eigenvalue weighted by molar-refractivity contribution is 5.95. The number of halogens is 3. The van der Waals surface area contributed by atoms with Gasteiger partial charge in [0, 0.05) is 24.1 Å². The van der Waals surface area contributed by atoms with Crippen molar-refractivity contribution < 1.29 is 27.5 Å². The van der Waals surface area contributed by atoms with Crippen molar-refractivity contribution in [2.24, 2.45) is 0 Å². The average molecular weight is 415 g/mol. The second-order valence-corrected chi connectivity index (χ2v) is 6.96. The van der Waals surface area contributed by atoms with Crippen LogP contribution in [-0.4, -0.2) is 23.4 Å². The van der Waals surface area contributed by atoms with Gasteiger partial charge in [-0.15, -0.1) is 0 Å². The molecule has 0 aromatic heterocycles. The van der Waals surface area contributed by atoms with Crippen LogP contribution in [0.1, 0.15) is 30.4 Å². The summed E-state index contributed by atoms with van der Waals surface area (Å²) in [6.07, 6.45) is 1.30. The minimum Gasteiger partial charge on any atom is -0.458 e. The van der Waals surface area contributed by atoms with Gasteiger partial charge in [0.05, 0.1) is 12.1 Å². The maximum atomic E-state index is 13.8. The topological polar surface area (TPSA) is 46.6 Å². The van der Waals surface area contributed by atoms with E-state index in [2.05, 4.69) is 6.58 Å². The summed E-state index contributed by atoms with van der Waals surface area (Å²) in [6, 6.07) is 8.65. The number of hydrogen-bond acceptors (Lipinski definition) is 3. The van der Waals surface area contributed by atoms with E-state index in [-0.39, 0.29) is 36.6 Å². The van der Waals surface area contributed by atoms with Crippen LogP contribution >= 0.6 is 0 Å². The summed E-state index contributed by atoms with van der Waals surface area (Å²) < 4.78 is 46.1. The van der Waals surface area contributed by atoms with Gasteiger partial charge in [0.1, 0.15) is 24.1 Å². The van der Waals surface area contributed by atoms with Crippen LogP contribution in [0.4, 0.5) is 13.2 Å². The molecule has 0 radical (unpaired) electrons. The number of rotatable bonds is 6. The maximum absolute atomic E-state index is 13.8. The van der Waals surface area contributed by atoms with Crippen molar-refractivity contribution in [2.75, 3.05) is 6.61 Å². The predicted octanol–water partition coefficient (Wildman–Crippen LogP) is 4.62. The van der Waals surface area contributed by atoms with E-state index in [0.29, 0.717) is 11.3 Å². The first kappa shape index (κ1) is 21.4. The molecule has 0 saturated carbocycles. The molecule has 0 N–H and O–H groups in total. The Hall–Kier alpha value is -3.35. The predicted molar refractivity (Wildman–Crippen MR) is 105 cm³/mol. The number of carbonyl (C=O) groups is 2. The van der Waals surface area contributed by atoms with Crippen molar-refractivity contribution in [1.29, 1.82) is 0 Å². The molecule has 156 valence electrons. The molecule has 0 aliphatic carbocycles. The van der Waals surface area contributed by atoms with Gasteiger partial charge >= 0.3 is 5.97 Å². The largest absolute Gasteiger partial charge is 0.458 e. The maximum Gasteiger partial charge on any atom is 0.336 e. The van der Waals surface area contributed by atoms with Gasteiger partial charge in [0.2, 0.25) is 5.91 Å². The van der Waals surface area contributed by atoms with Gasteiger partial charge in [-0.25, -0.2) is 18.0 Å². The third-order valence-electron chi connectivity index (χ3n) is 4.89. The van der Waals surface area contributed by atoms with Gasteiger partial charge in [-0.05, 0) is 42.3 Å². The molecular weight excluding hydrogens is 395 g/mol. The second-order valence-electron chi connectivity index (χ2n) is 6.96. The van der Waals surface area contributed by atoms with Gasteiger partial charge in [-0.2, -0.15) is 0 Å². The van der Waals surface area contributed by atoms with Gasteiger partial charge < -0.3 is 9.64 Å². The quantitative estimate of drug-likeness (QED) is 0.511. The van der Waals surface area contributed by atoms with Crippen molar-refractivity contribution in [3.05, 3.63) is 95.0 Å². The zero-order chi connectivity index (χ0) is 21.8. The number of benzene rings is 2. The number of esters is 1. The van der Waals surface area contributed by atoms with E-state index in [1.165, 1.54) is 29.2 Å². The fourth-order valence-electron chi connectivity index (χ4n) is 3.57. The molecule has 2 aromatic carbocycles. The zero-order valence-electron chi connectivity index (χ0n) is 16.3. The Morgan fingerprint density at radius 2 is 1.87 bits per heavy atom. The van der Waals surface area contributed by atoms with E-state index in [1.807, 2.05) is 0 Å². The third kappa shape index (κ3) is 4.62. The van der Waals surface area contributed by atoms with E-state index in [0.717, 1.165) is 18.2 Å². The molecule has 0 spiro atoms. The molecule has 0 bridgehead atoms. The highest BCUT2D eigenvalue weighted by atomic mass is 19.1. The lowest BCUT2D eigenvalue weighted by molar-refractivity contribution is -0.139. The first-order chi connectivity index (χ1) is 14.3. The summed E-state index contributed by atoms with van der Waals surface area (Å²) in [4.78, 5) is 26.9. The SMILES string of the molecule is C=CCOC(=O)C1=C(C)N(Cc2cc(F)cc(F)c2)C(=O)C[C@@H]1c1cccc(F)c1. The molecule has 2 aromatic rings. The standard InChI is InChI=1S/C23H20F3NO3/c1-3-7-30-23(29)22-14(2)27(13-15-8-18(25)11-19(26)9-15)21(28)12-20(22)16-5-4-6-17(24)10-16/h3-6,8-11,20H,1,7,12-13H2,2H3/t20-/m1/s1. The van der Waals surface area contributed by atoms with E-state index in [4.69, 9.17) is 4.74 Å². The highest BCUT2D eigenvalue weighted by Crippen LogP contribution is 2.38. The molecule has 1 aliphatic heterocycles. The van der Waals surface area contributed by atoms with E-state index in [1.54, 1.807) is 13.0 Å². The average Bonchev–Trinajstić information content (AvgIpc) is 2.68. The molecule has 1 heterocycles. The van der Waals surface area contributed by atoms with Crippen molar-refractivity contribution in [3.63, 3.8) is 0 Å². The van der Waals surface area contributed by atoms with Crippen LogP contribution in [0.2, 0.25) is 0 Å². The Morgan fingerprint density at radius 1 is 1.17 bits per heavy atom. The van der Waals surface area contributed by atoms with Crippen molar-refractivity contribution in [2.45, 2.75) is 25.8 Å². The molecule has 7 heteroatoms.